The van der Waals surface area contributed by atoms with Gasteiger partial charge in [0.25, 0.3) is 0 Å². The molecule has 5 nitrogen and oxygen atoms in total. The summed E-state index contributed by atoms with van der Waals surface area (Å²) in [6.07, 6.45) is 4.98. The molecule has 2 saturated heterocycles. The molecule has 1 atom stereocenters. The van der Waals surface area contributed by atoms with Crippen LogP contribution in [0.4, 0.5) is 0 Å². The van der Waals surface area contributed by atoms with Gasteiger partial charge in [-0.05, 0) is 63.1 Å². The maximum Gasteiger partial charge on any atom is 0.494 e. The zero-order chi connectivity index (χ0) is 24.8. The number of rotatable bonds is 8. The average Bonchev–Trinajstić information content (AvgIpc) is 3.48. The van der Waals surface area contributed by atoms with Crippen molar-refractivity contribution in [2.75, 3.05) is 13.2 Å². The molecule has 5 rings (SSSR count). The van der Waals surface area contributed by atoms with E-state index in [0.717, 1.165) is 17.5 Å². The molecule has 0 amide bonds. The molecule has 2 aromatic carbocycles. The van der Waals surface area contributed by atoms with Crippen LogP contribution in [0.25, 0.3) is 21.8 Å². The van der Waals surface area contributed by atoms with E-state index in [0.29, 0.717) is 19.1 Å². The van der Waals surface area contributed by atoms with Crippen molar-refractivity contribution >= 4 is 47.0 Å². The van der Waals surface area contributed by atoms with E-state index in [4.69, 9.17) is 18.6 Å². The fourth-order valence-electron chi connectivity index (χ4n) is 5.40. The first-order chi connectivity index (χ1) is 16.7. The summed E-state index contributed by atoms with van der Waals surface area (Å²) in [7, 11) is -0.655. The van der Waals surface area contributed by atoms with Crippen LogP contribution >= 0.6 is 0 Å². The summed E-state index contributed by atoms with van der Waals surface area (Å²) in [4.78, 5) is 0. The minimum atomic E-state index is -0.328. The smallest absolute Gasteiger partial charge is 0.404 e. The van der Waals surface area contributed by atoms with E-state index in [1.165, 1.54) is 47.5 Å². The van der Waals surface area contributed by atoms with E-state index in [1.807, 2.05) is 0 Å². The van der Waals surface area contributed by atoms with Gasteiger partial charge in [0.2, 0.25) is 0 Å². The summed E-state index contributed by atoms with van der Waals surface area (Å²) >= 11 is 0. The molecule has 2 aliphatic rings. The number of aromatic nitrogens is 1. The molecule has 3 aromatic rings. The summed E-state index contributed by atoms with van der Waals surface area (Å²) in [5.74, 6) is 0.665. The first kappa shape index (κ1) is 24.9. The van der Waals surface area contributed by atoms with Gasteiger partial charge in [0.15, 0.2) is 0 Å². The van der Waals surface area contributed by atoms with Crippen LogP contribution < -0.4 is 10.9 Å². The van der Waals surface area contributed by atoms with Gasteiger partial charge in [-0.2, -0.15) is 0 Å². The van der Waals surface area contributed by atoms with Gasteiger partial charge in [0.05, 0.1) is 24.4 Å². The second-order valence-electron chi connectivity index (χ2n) is 11.6. The molecule has 0 saturated carbocycles. The average molecular weight is 475 g/mol. The van der Waals surface area contributed by atoms with Crippen LogP contribution in [0.3, 0.4) is 0 Å². The Bertz CT molecular complexity index is 1120. The molecular weight excluding hydrogens is 436 g/mol. The van der Waals surface area contributed by atoms with Crippen molar-refractivity contribution in [2.24, 2.45) is 5.92 Å². The summed E-state index contributed by atoms with van der Waals surface area (Å²) in [6.45, 7) is 15.1. The zero-order valence-electron chi connectivity index (χ0n) is 22.2. The predicted octanol–water partition coefficient (Wildman–Crippen LogP) is 5.05. The number of hydrogen-bond acceptors (Lipinski definition) is 4. The Morgan fingerprint density at radius 3 is 1.74 bits per heavy atom. The second-order valence-corrected chi connectivity index (χ2v) is 11.6. The minimum Gasteiger partial charge on any atom is -0.404 e. The minimum absolute atomic E-state index is 0.266. The highest BCUT2D eigenvalue weighted by molar-refractivity contribution is 6.63. The molecule has 35 heavy (non-hydrogen) atoms. The molecule has 0 N–H and O–H groups in total. The highest BCUT2D eigenvalue weighted by atomic mass is 16.7. The van der Waals surface area contributed by atoms with Gasteiger partial charge in [-0.3, -0.25) is 0 Å². The lowest BCUT2D eigenvalue weighted by atomic mass is 9.77. The van der Waals surface area contributed by atoms with Crippen molar-refractivity contribution in [1.29, 1.82) is 0 Å². The number of hydrogen-bond donors (Lipinski definition) is 0. The second kappa shape index (κ2) is 9.59. The molecule has 1 unspecified atom stereocenters. The van der Waals surface area contributed by atoms with Gasteiger partial charge >= 0.3 is 14.2 Å². The summed E-state index contributed by atoms with van der Waals surface area (Å²) in [6, 6.07) is 13.4. The molecular formula is C28H39B2NO4. The third-order valence-corrected chi connectivity index (χ3v) is 7.46. The molecule has 2 fully saturated rings. The Labute approximate surface area is 210 Å². The van der Waals surface area contributed by atoms with Gasteiger partial charge in [-0.1, -0.05) is 57.4 Å². The molecule has 7 heteroatoms. The lowest BCUT2D eigenvalue weighted by Gasteiger charge is -2.18. The summed E-state index contributed by atoms with van der Waals surface area (Å²) in [5.41, 5.74) is 4.14. The molecule has 0 radical (unpaired) electrons. The van der Waals surface area contributed by atoms with Crippen LogP contribution in [0.1, 0.15) is 67.2 Å². The Hall–Kier alpha value is -1.79. The van der Waals surface area contributed by atoms with Gasteiger partial charge in [0.1, 0.15) is 0 Å². The van der Waals surface area contributed by atoms with Gasteiger partial charge in [-0.25, -0.2) is 0 Å². The van der Waals surface area contributed by atoms with Gasteiger partial charge in [-0.15, -0.1) is 0 Å². The third kappa shape index (κ3) is 5.06. The maximum atomic E-state index is 6.19. The predicted molar refractivity (Wildman–Crippen MR) is 146 cm³/mol. The first-order valence-corrected chi connectivity index (χ1v) is 13.3. The molecule has 0 spiro atoms. The van der Waals surface area contributed by atoms with Gasteiger partial charge in [0, 0.05) is 28.4 Å². The normalized spacial score (nSPS) is 20.4. The SMILES string of the molecule is CCCCC(CC)Cn1c2ccc(B3OCC(C)(C)O3)cc2c2cc(B3OCC(C)(C)O3)ccc21. The van der Waals surface area contributed by atoms with E-state index >= 15 is 0 Å². The number of benzene rings is 2. The van der Waals surface area contributed by atoms with Crippen LogP contribution in [0.5, 0.6) is 0 Å². The fourth-order valence-corrected chi connectivity index (χ4v) is 5.40. The highest BCUT2D eigenvalue weighted by Crippen LogP contribution is 2.31. The lowest BCUT2D eigenvalue weighted by molar-refractivity contribution is 0.137. The van der Waals surface area contributed by atoms with E-state index in [2.05, 4.69) is 82.5 Å². The molecule has 186 valence electrons. The Kier molecular flexibility index (Phi) is 6.82. The Morgan fingerprint density at radius 2 is 1.34 bits per heavy atom. The zero-order valence-corrected chi connectivity index (χ0v) is 22.2. The molecule has 3 heterocycles. The largest absolute Gasteiger partial charge is 0.494 e. The molecule has 1 aromatic heterocycles. The maximum absolute atomic E-state index is 6.19. The van der Waals surface area contributed by atoms with Crippen molar-refractivity contribution in [2.45, 2.75) is 85.0 Å². The quantitative estimate of drug-likeness (QED) is 0.428. The van der Waals surface area contributed by atoms with E-state index < -0.39 is 0 Å². The van der Waals surface area contributed by atoms with Crippen molar-refractivity contribution in [3.8, 4) is 0 Å². The number of nitrogens with zero attached hydrogens (tertiary/aromatic N) is 1. The standard InChI is InChI=1S/C28H39B2NO4/c1-7-9-10-20(8-2)17-31-25-13-11-21(29-32-18-27(3,4)34-29)15-23(25)24-16-22(12-14-26(24)31)30-33-19-28(5,6)35-30/h11-16,20H,7-10,17-19H2,1-6H3. The van der Waals surface area contributed by atoms with Crippen LogP contribution in [0.15, 0.2) is 36.4 Å². The van der Waals surface area contributed by atoms with Crippen LogP contribution in [-0.2, 0) is 25.2 Å². The van der Waals surface area contributed by atoms with E-state index in [1.54, 1.807) is 0 Å². The third-order valence-electron chi connectivity index (χ3n) is 7.46. The van der Waals surface area contributed by atoms with Crippen LogP contribution in [-0.4, -0.2) is 43.2 Å². The van der Waals surface area contributed by atoms with Crippen molar-refractivity contribution < 1.29 is 18.6 Å². The molecule has 0 bridgehead atoms. The Morgan fingerprint density at radius 1 is 0.829 bits per heavy atom. The van der Waals surface area contributed by atoms with Crippen molar-refractivity contribution in [1.82, 2.24) is 4.57 Å². The summed E-state index contributed by atoms with van der Waals surface area (Å²) in [5, 5.41) is 2.47. The van der Waals surface area contributed by atoms with Gasteiger partial charge < -0.3 is 23.2 Å². The van der Waals surface area contributed by atoms with Crippen LogP contribution in [0, 0.1) is 5.92 Å². The Balaban J connectivity index is 1.59. The fraction of sp³-hybridized carbons (Fsp3) is 0.571. The topological polar surface area (TPSA) is 41.9 Å². The molecule has 2 aliphatic heterocycles. The molecule has 0 aliphatic carbocycles. The number of unbranched alkanes of at least 4 members (excludes halogenated alkanes) is 1. The van der Waals surface area contributed by atoms with E-state index in [-0.39, 0.29) is 25.4 Å². The first-order valence-electron chi connectivity index (χ1n) is 13.3. The lowest BCUT2D eigenvalue weighted by Crippen LogP contribution is -2.34. The van der Waals surface area contributed by atoms with Crippen LogP contribution in [0.2, 0.25) is 0 Å². The monoisotopic (exact) mass is 475 g/mol. The van der Waals surface area contributed by atoms with Crippen molar-refractivity contribution in [3.05, 3.63) is 36.4 Å². The number of fused-ring (bicyclic) bond motifs is 3. The summed E-state index contributed by atoms with van der Waals surface area (Å²) < 4.78 is 26.9. The van der Waals surface area contributed by atoms with Crippen molar-refractivity contribution in [3.63, 3.8) is 0 Å². The highest BCUT2D eigenvalue weighted by Gasteiger charge is 2.39. The van der Waals surface area contributed by atoms with E-state index in [9.17, 15) is 0 Å².